The average molecular weight is 251 g/mol. The Labute approximate surface area is 108 Å². The number of carbonyl (C=O) groups excluding carboxylic acids is 1. The molecule has 0 atom stereocenters. The van der Waals surface area contributed by atoms with Crippen molar-refractivity contribution >= 4 is 17.4 Å². The zero-order valence-corrected chi connectivity index (χ0v) is 11.1. The fourth-order valence-corrected chi connectivity index (χ4v) is 1.60. The van der Waals surface area contributed by atoms with Gasteiger partial charge in [-0.1, -0.05) is 6.07 Å². The van der Waals surface area contributed by atoms with Crippen LogP contribution in [-0.2, 0) is 4.74 Å². The Morgan fingerprint density at radius 2 is 2.22 bits per heavy atom. The highest BCUT2D eigenvalue weighted by atomic mass is 16.5. The number of rotatable bonds is 5. The van der Waals surface area contributed by atoms with Crippen LogP contribution >= 0.6 is 0 Å². The van der Waals surface area contributed by atoms with Gasteiger partial charge in [0.05, 0.1) is 6.61 Å². The maximum atomic E-state index is 12.1. The molecule has 0 saturated heterocycles. The molecule has 0 radical (unpaired) electrons. The predicted octanol–water partition coefficient (Wildman–Crippen LogP) is 2.16. The predicted molar refractivity (Wildman–Crippen MR) is 73.6 cm³/mol. The number of nitrogens with one attached hydrogen (secondary N) is 1. The van der Waals surface area contributed by atoms with Gasteiger partial charge in [-0.2, -0.15) is 0 Å². The van der Waals surface area contributed by atoms with E-state index in [0.29, 0.717) is 24.5 Å². The summed E-state index contributed by atoms with van der Waals surface area (Å²) in [5.41, 5.74) is 6.99. The van der Waals surface area contributed by atoms with E-state index >= 15 is 0 Å². The lowest BCUT2D eigenvalue weighted by Crippen LogP contribution is -2.42. The first kappa shape index (κ1) is 14.3. The van der Waals surface area contributed by atoms with Gasteiger partial charge < -0.3 is 20.7 Å². The van der Waals surface area contributed by atoms with E-state index in [-0.39, 0.29) is 12.1 Å². The summed E-state index contributed by atoms with van der Waals surface area (Å²) in [6.07, 6.45) is 0. The first-order valence-corrected chi connectivity index (χ1v) is 5.96. The zero-order chi connectivity index (χ0) is 13.5. The van der Waals surface area contributed by atoms with Crippen LogP contribution in [0.4, 0.5) is 16.2 Å². The number of benzene rings is 1. The number of nitrogen functional groups attached to an aromatic ring is 1. The second kappa shape index (κ2) is 6.86. The summed E-state index contributed by atoms with van der Waals surface area (Å²) in [4.78, 5) is 13.8. The van der Waals surface area contributed by atoms with E-state index in [9.17, 15) is 4.79 Å². The van der Waals surface area contributed by atoms with Crippen molar-refractivity contribution < 1.29 is 9.53 Å². The number of ether oxygens (including phenoxy) is 1. The lowest BCUT2D eigenvalue weighted by molar-refractivity contribution is 0.143. The van der Waals surface area contributed by atoms with Gasteiger partial charge in [0.25, 0.3) is 0 Å². The normalized spacial score (nSPS) is 10.4. The van der Waals surface area contributed by atoms with Crippen molar-refractivity contribution in [1.29, 1.82) is 0 Å². The quantitative estimate of drug-likeness (QED) is 0.788. The van der Waals surface area contributed by atoms with E-state index in [1.54, 1.807) is 30.2 Å². The third-order valence-electron chi connectivity index (χ3n) is 2.56. The van der Waals surface area contributed by atoms with Gasteiger partial charge in [-0.15, -0.1) is 0 Å². The van der Waals surface area contributed by atoms with Gasteiger partial charge >= 0.3 is 6.03 Å². The molecule has 18 heavy (non-hydrogen) atoms. The van der Waals surface area contributed by atoms with E-state index in [0.717, 1.165) is 0 Å². The maximum Gasteiger partial charge on any atom is 0.322 e. The molecule has 1 aromatic carbocycles. The molecule has 0 heterocycles. The van der Waals surface area contributed by atoms with E-state index < -0.39 is 0 Å². The topological polar surface area (TPSA) is 67.6 Å². The van der Waals surface area contributed by atoms with Crippen molar-refractivity contribution in [1.82, 2.24) is 4.90 Å². The summed E-state index contributed by atoms with van der Waals surface area (Å²) in [6.45, 7) is 5.01. The number of urea groups is 1. The van der Waals surface area contributed by atoms with Crippen LogP contribution in [0.15, 0.2) is 24.3 Å². The Bertz CT molecular complexity index is 394. The highest BCUT2D eigenvalue weighted by molar-refractivity contribution is 5.90. The molecule has 5 nitrogen and oxygen atoms in total. The van der Waals surface area contributed by atoms with Crippen LogP contribution in [0.1, 0.15) is 13.8 Å². The van der Waals surface area contributed by atoms with Crippen LogP contribution in [0, 0.1) is 0 Å². The molecule has 0 bridgehead atoms. The first-order valence-electron chi connectivity index (χ1n) is 5.96. The third-order valence-corrected chi connectivity index (χ3v) is 2.56. The van der Waals surface area contributed by atoms with Gasteiger partial charge in [0, 0.05) is 31.1 Å². The van der Waals surface area contributed by atoms with Crippen molar-refractivity contribution in [3.05, 3.63) is 24.3 Å². The second-order valence-electron chi connectivity index (χ2n) is 4.34. The standard InChI is InChI=1S/C13H21N3O2/c1-10(2)16(7-8-18-3)13(17)15-12-6-4-5-11(14)9-12/h4-6,9-10H,7-8,14H2,1-3H3,(H,15,17). The zero-order valence-electron chi connectivity index (χ0n) is 11.1. The number of anilines is 2. The van der Waals surface area contributed by atoms with E-state index in [1.807, 2.05) is 19.9 Å². The number of methoxy groups -OCH3 is 1. The Hall–Kier alpha value is -1.75. The number of nitrogens with two attached hydrogens (primary N) is 1. The molecule has 1 aromatic rings. The Morgan fingerprint density at radius 3 is 2.78 bits per heavy atom. The molecule has 0 aliphatic carbocycles. The van der Waals surface area contributed by atoms with Crippen LogP contribution in [-0.4, -0.2) is 37.2 Å². The first-order chi connectivity index (χ1) is 8.54. The summed E-state index contributed by atoms with van der Waals surface area (Å²) in [5, 5.41) is 2.82. The van der Waals surface area contributed by atoms with Gasteiger partial charge in [0.2, 0.25) is 0 Å². The summed E-state index contributed by atoms with van der Waals surface area (Å²) in [6, 6.07) is 7.09. The molecule has 5 heteroatoms. The minimum absolute atomic E-state index is 0.112. The molecular weight excluding hydrogens is 230 g/mol. The van der Waals surface area contributed by atoms with E-state index in [2.05, 4.69) is 5.32 Å². The number of hydrogen-bond acceptors (Lipinski definition) is 3. The second-order valence-corrected chi connectivity index (χ2v) is 4.34. The number of carbonyl (C=O) groups is 1. The monoisotopic (exact) mass is 251 g/mol. The molecule has 1 rings (SSSR count). The van der Waals surface area contributed by atoms with Crippen LogP contribution in [0.3, 0.4) is 0 Å². The van der Waals surface area contributed by atoms with Gasteiger partial charge in [-0.25, -0.2) is 4.79 Å². The molecule has 0 spiro atoms. The molecular formula is C13H21N3O2. The average Bonchev–Trinajstić information content (AvgIpc) is 2.29. The molecule has 0 aliphatic rings. The third kappa shape index (κ3) is 4.25. The summed E-state index contributed by atoms with van der Waals surface area (Å²) < 4.78 is 5.00. The number of nitrogens with zero attached hydrogens (tertiary/aromatic N) is 1. The smallest absolute Gasteiger partial charge is 0.322 e. The van der Waals surface area contributed by atoms with Crippen molar-refractivity contribution in [3.8, 4) is 0 Å². The van der Waals surface area contributed by atoms with Crippen LogP contribution in [0.5, 0.6) is 0 Å². The fourth-order valence-electron chi connectivity index (χ4n) is 1.60. The Morgan fingerprint density at radius 1 is 1.50 bits per heavy atom. The molecule has 0 aliphatic heterocycles. The minimum Gasteiger partial charge on any atom is -0.399 e. The lowest BCUT2D eigenvalue weighted by Gasteiger charge is -2.26. The number of hydrogen-bond donors (Lipinski definition) is 2. The Kier molecular flexibility index (Phi) is 5.45. The van der Waals surface area contributed by atoms with Crippen LogP contribution in [0.2, 0.25) is 0 Å². The Balaban J connectivity index is 2.66. The van der Waals surface area contributed by atoms with Crippen molar-refractivity contribution in [2.24, 2.45) is 0 Å². The van der Waals surface area contributed by atoms with Crippen molar-refractivity contribution in [2.75, 3.05) is 31.3 Å². The highest BCUT2D eigenvalue weighted by Crippen LogP contribution is 2.13. The summed E-state index contributed by atoms with van der Waals surface area (Å²) in [5.74, 6) is 0. The summed E-state index contributed by atoms with van der Waals surface area (Å²) >= 11 is 0. The molecule has 0 aromatic heterocycles. The highest BCUT2D eigenvalue weighted by Gasteiger charge is 2.16. The molecule has 2 amide bonds. The van der Waals surface area contributed by atoms with Gasteiger partial charge in [-0.05, 0) is 32.0 Å². The fraction of sp³-hybridized carbons (Fsp3) is 0.462. The largest absolute Gasteiger partial charge is 0.399 e. The van der Waals surface area contributed by atoms with Gasteiger partial charge in [-0.3, -0.25) is 0 Å². The van der Waals surface area contributed by atoms with Gasteiger partial charge in [0.15, 0.2) is 0 Å². The molecule has 100 valence electrons. The van der Waals surface area contributed by atoms with Crippen LogP contribution < -0.4 is 11.1 Å². The lowest BCUT2D eigenvalue weighted by atomic mass is 10.3. The van der Waals surface area contributed by atoms with Crippen molar-refractivity contribution in [3.63, 3.8) is 0 Å². The van der Waals surface area contributed by atoms with Gasteiger partial charge in [0.1, 0.15) is 0 Å². The summed E-state index contributed by atoms with van der Waals surface area (Å²) in [7, 11) is 1.62. The minimum atomic E-state index is -0.146. The van der Waals surface area contributed by atoms with E-state index in [1.165, 1.54) is 0 Å². The van der Waals surface area contributed by atoms with E-state index in [4.69, 9.17) is 10.5 Å². The number of amides is 2. The molecule has 0 fully saturated rings. The van der Waals surface area contributed by atoms with Crippen LogP contribution in [0.25, 0.3) is 0 Å². The molecule has 0 saturated carbocycles. The molecule has 0 unspecified atom stereocenters. The molecule has 3 N–H and O–H groups in total. The SMILES string of the molecule is COCCN(C(=O)Nc1cccc(N)c1)C(C)C. The maximum absolute atomic E-state index is 12.1. The van der Waals surface area contributed by atoms with Crippen molar-refractivity contribution in [2.45, 2.75) is 19.9 Å².